The van der Waals surface area contributed by atoms with Crippen molar-refractivity contribution in [3.8, 4) is 17.1 Å². The lowest BCUT2D eigenvalue weighted by atomic mass is 10.2. The molecule has 0 atom stereocenters. The molecule has 7 heteroatoms. The summed E-state index contributed by atoms with van der Waals surface area (Å²) in [7, 11) is 0. The van der Waals surface area contributed by atoms with Gasteiger partial charge in [0.05, 0.1) is 28.8 Å². The molecule has 0 unspecified atom stereocenters. The molecular formula is C16H17N7. The highest BCUT2D eigenvalue weighted by Crippen LogP contribution is 2.27. The van der Waals surface area contributed by atoms with Gasteiger partial charge in [-0.05, 0) is 33.8 Å². The van der Waals surface area contributed by atoms with Gasteiger partial charge in [-0.15, -0.1) is 0 Å². The normalized spacial score (nSPS) is 11.5. The molecule has 4 aromatic rings. The SMILES string of the molecule is Cc1cc(C)n2ncc(-c3nccn3-c3c(C)n[nH]c3C)c2n1. The van der Waals surface area contributed by atoms with Crippen LogP contribution in [0.3, 0.4) is 0 Å². The molecule has 0 fully saturated rings. The smallest absolute Gasteiger partial charge is 0.166 e. The third-order valence-electron chi connectivity index (χ3n) is 3.99. The van der Waals surface area contributed by atoms with E-state index in [0.717, 1.165) is 45.5 Å². The summed E-state index contributed by atoms with van der Waals surface area (Å²) in [4.78, 5) is 9.18. The van der Waals surface area contributed by atoms with Crippen molar-refractivity contribution in [1.29, 1.82) is 0 Å². The molecule has 0 radical (unpaired) electrons. The number of hydrogen-bond donors (Lipinski definition) is 1. The van der Waals surface area contributed by atoms with Crippen LogP contribution >= 0.6 is 0 Å². The van der Waals surface area contributed by atoms with Crippen LogP contribution in [0.25, 0.3) is 22.7 Å². The van der Waals surface area contributed by atoms with Crippen LogP contribution in [0.1, 0.15) is 22.8 Å². The zero-order valence-corrected chi connectivity index (χ0v) is 13.5. The Kier molecular flexibility index (Phi) is 2.84. The first-order valence-corrected chi connectivity index (χ1v) is 7.44. The molecule has 7 nitrogen and oxygen atoms in total. The van der Waals surface area contributed by atoms with E-state index in [1.165, 1.54) is 0 Å². The second-order valence-electron chi connectivity index (χ2n) is 5.74. The van der Waals surface area contributed by atoms with E-state index in [9.17, 15) is 0 Å². The predicted octanol–water partition coefficient (Wildman–Crippen LogP) is 2.54. The molecule has 4 aromatic heterocycles. The number of imidazole rings is 1. The number of aromatic amines is 1. The molecule has 0 aliphatic carbocycles. The third-order valence-corrected chi connectivity index (χ3v) is 3.99. The van der Waals surface area contributed by atoms with Gasteiger partial charge in [-0.25, -0.2) is 14.5 Å². The molecule has 4 heterocycles. The van der Waals surface area contributed by atoms with Crippen molar-refractivity contribution in [2.75, 3.05) is 0 Å². The summed E-state index contributed by atoms with van der Waals surface area (Å²) in [5.74, 6) is 0.810. The van der Waals surface area contributed by atoms with Gasteiger partial charge in [0.1, 0.15) is 5.82 Å². The molecule has 0 saturated heterocycles. The number of fused-ring (bicyclic) bond motifs is 1. The number of nitrogens with zero attached hydrogens (tertiary/aromatic N) is 6. The van der Waals surface area contributed by atoms with Crippen molar-refractivity contribution < 1.29 is 0 Å². The third kappa shape index (κ3) is 1.97. The van der Waals surface area contributed by atoms with Crippen molar-refractivity contribution in [2.45, 2.75) is 27.7 Å². The Bertz CT molecular complexity index is 999. The minimum atomic E-state index is 0.810. The fraction of sp³-hybridized carbons (Fsp3) is 0.250. The summed E-state index contributed by atoms with van der Waals surface area (Å²) in [6.07, 6.45) is 5.54. The fourth-order valence-corrected chi connectivity index (χ4v) is 3.01. The van der Waals surface area contributed by atoms with Gasteiger partial charge in [-0.2, -0.15) is 10.2 Å². The number of hydrogen-bond acceptors (Lipinski definition) is 4. The zero-order valence-electron chi connectivity index (χ0n) is 13.5. The predicted molar refractivity (Wildman–Crippen MR) is 86.6 cm³/mol. The Hall–Kier alpha value is -2.96. The molecule has 0 bridgehead atoms. The van der Waals surface area contributed by atoms with Crippen LogP contribution in [0.2, 0.25) is 0 Å². The Morgan fingerprint density at radius 3 is 2.70 bits per heavy atom. The van der Waals surface area contributed by atoms with E-state index in [1.54, 1.807) is 6.20 Å². The van der Waals surface area contributed by atoms with Crippen molar-refractivity contribution in [2.24, 2.45) is 0 Å². The monoisotopic (exact) mass is 307 g/mol. The maximum Gasteiger partial charge on any atom is 0.166 e. The fourth-order valence-electron chi connectivity index (χ4n) is 3.01. The Labute approximate surface area is 133 Å². The average molecular weight is 307 g/mol. The van der Waals surface area contributed by atoms with Crippen molar-refractivity contribution >= 4 is 5.65 Å². The van der Waals surface area contributed by atoms with Crippen LogP contribution in [0.4, 0.5) is 0 Å². The first-order valence-electron chi connectivity index (χ1n) is 7.44. The Morgan fingerprint density at radius 2 is 1.96 bits per heavy atom. The molecule has 0 amide bonds. The lowest BCUT2D eigenvalue weighted by Crippen LogP contribution is -2.01. The van der Waals surface area contributed by atoms with E-state index in [1.807, 2.05) is 55.2 Å². The van der Waals surface area contributed by atoms with Gasteiger partial charge < -0.3 is 0 Å². The summed E-state index contributed by atoms with van der Waals surface area (Å²) in [5, 5.41) is 11.8. The molecule has 0 aliphatic rings. The Morgan fingerprint density at radius 1 is 1.13 bits per heavy atom. The van der Waals surface area contributed by atoms with E-state index < -0.39 is 0 Å². The lowest BCUT2D eigenvalue weighted by Gasteiger charge is -2.07. The van der Waals surface area contributed by atoms with Crippen LogP contribution < -0.4 is 0 Å². The van der Waals surface area contributed by atoms with E-state index in [4.69, 9.17) is 0 Å². The van der Waals surface area contributed by atoms with Crippen LogP contribution in [-0.2, 0) is 0 Å². The molecule has 0 saturated carbocycles. The van der Waals surface area contributed by atoms with Gasteiger partial charge >= 0.3 is 0 Å². The van der Waals surface area contributed by atoms with Crippen molar-refractivity contribution in [3.63, 3.8) is 0 Å². The van der Waals surface area contributed by atoms with Gasteiger partial charge in [0, 0.05) is 23.8 Å². The first-order chi connectivity index (χ1) is 11.1. The highest BCUT2D eigenvalue weighted by atomic mass is 15.3. The number of nitrogens with one attached hydrogen (secondary N) is 1. The van der Waals surface area contributed by atoms with Crippen molar-refractivity contribution in [1.82, 2.24) is 34.3 Å². The van der Waals surface area contributed by atoms with E-state index in [-0.39, 0.29) is 0 Å². The highest BCUT2D eigenvalue weighted by molar-refractivity contribution is 5.74. The second kappa shape index (κ2) is 4.77. The van der Waals surface area contributed by atoms with Crippen LogP contribution in [0.5, 0.6) is 0 Å². The first kappa shape index (κ1) is 13.7. The largest absolute Gasteiger partial charge is 0.296 e. The molecule has 0 aromatic carbocycles. The summed E-state index contributed by atoms with van der Waals surface area (Å²) < 4.78 is 3.88. The summed E-state index contributed by atoms with van der Waals surface area (Å²) in [5.41, 5.74) is 6.67. The van der Waals surface area contributed by atoms with Gasteiger partial charge in [0.25, 0.3) is 0 Å². The second-order valence-corrected chi connectivity index (χ2v) is 5.74. The molecule has 0 spiro atoms. The minimum absolute atomic E-state index is 0.810. The molecule has 0 aliphatic heterocycles. The maximum atomic E-state index is 4.64. The summed E-state index contributed by atoms with van der Waals surface area (Å²) >= 11 is 0. The number of rotatable bonds is 2. The van der Waals surface area contributed by atoms with E-state index in [2.05, 4.69) is 25.3 Å². The topological polar surface area (TPSA) is 76.7 Å². The number of H-pyrrole nitrogens is 1. The number of aryl methyl sites for hydroxylation is 4. The molecule has 4 rings (SSSR count). The standard InChI is InChI=1S/C16H17N7/c1-9-7-10(2)23-16(19-9)13(8-18-23)15-17-5-6-22(15)14-11(3)20-21-12(14)4/h5-8H,1-4H3,(H,20,21). The Balaban J connectivity index is 1.99. The maximum absolute atomic E-state index is 4.64. The van der Waals surface area contributed by atoms with E-state index in [0.29, 0.717) is 0 Å². The van der Waals surface area contributed by atoms with Crippen molar-refractivity contribution in [3.05, 3.63) is 47.4 Å². The van der Waals surface area contributed by atoms with E-state index >= 15 is 0 Å². The van der Waals surface area contributed by atoms with Gasteiger partial charge in [-0.1, -0.05) is 0 Å². The molecular weight excluding hydrogens is 290 g/mol. The summed E-state index contributed by atoms with van der Waals surface area (Å²) in [6, 6.07) is 2.01. The van der Waals surface area contributed by atoms with Crippen LogP contribution in [-0.4, -0.2) is 34.3 Å². The van der Waals surface area contributed by atoms with Crippen LogP contribution in [0.15, 0.2) is 24.7 Å². The highest BCUT2D eigenvalue weighted by Gasteiger charge is 2.18. The average Bonchev–Trinajstić information content (AvgIpc) is 3.18. The van der Waals surface area contributed by atoms with Gasteiger partial charge in [0.2, 0.25) is 0 Å². The van der Waals surface area contributed by atoms with Crippen LogP contribution in [0, 0.1) is 27.7 Å². The molecule has 1 N–H and O–H groups in total. The van der Waals surface area contributed by atoms with Gasteiger partial charge in [0.15, 0.2) is 5.65 Å². The quantitative estimate of drug-likeness (QED) is 0.617. The molecule has 116 valence electrons. The number of aromatic nitrogens is 7. The lowest BCUT2D eigenvalue weighted by molar-refractivity contribution is 0.886. The minimum Gasteiger partial charge on any atom is -0.296 e. The summed E-state index contributed by atoms with van der Waals surface area (Å²) in [6.45, 7) is 7.99. The zero-order chi connectivity index (χ0) is 16.1. The van der Waals surface area contributed by atoms with Gasteiger partial charge in [-0.3, -0.25) is 9.67 Å². The molecule has 23 heavy (non-hydrogen) atoms.